The summed E-state index contributed by atoms with van der Waals surface area (Å²) in [6.45, 7) is 1.76. The van der Waals surface area contributed by atoms with Gasteiger partial charge >= 0.3 is 0 Å². The number of rotatable bonds is 4. The van der Waals surface area contributed by atoms with E-state index in [9.17, 15) is 0 Å². The van der Waals surface area contributed by atoms with E-state index in [0.29, 0.717) is 10.4 Å². The van der Waals surface area contributed by atoms with Crippen LogP contribution in [0.25, 0.3) is 0 Å². The molecular formula is C13H15ClN4OS. The van der Waals surface area contributed by atoms with Crippen molar-refractivity contribution in [2.24, 2.45) is 0 Å². The lowest BCUT2D eigenvalue weighted by molar-refractivity contribution is 0.241. The molecule has 1 unspecified atom stereocenters. The summed E-state index contributed by atoms with van der Waals surface area (Å²) < 4.78 is 9.71. The SMILES string of the molecule is COc1ccc(C2CCCN2Cc2nnsc2Cl)nc1. The number of hydrogen-bond donors (Lipinski definition) is 0. The normalized spacial score (nSPS) is 19.4. The molecule has 3 rings (SSSR count). The molecule has 20 heavy (non-hydrogen) atoms. The van der Waals surface area contributed by atoms with Gasteiger partial charge in [0.15, 0.2) is 0 Å². The summed E-state index contributed by atoms with van der Waals surface area (Å²) in [7, 11) is 1.65. The van der Waals surface area contributed by atoms with E-state index in [2.05, 4.69) is 19.5 Å². The van der Waals surface area contributed by atoms with Gasteiger partial charge in [0.25, 0.3) is 0 Å². The van der Waals surface area contributed by atoms with Crippen LogP contribution in [0.5, 0.6) is 5.75 Å². The van der Waals surface area contributed by atoms with Gasteiger partial charge in [0.1, 0.15) is 15.8 Å². The Bertz CT molecular complexity index is 574. The average Bonchev–Trinajstić information content (AvgIpc) is 3.09. The van der Waals surface area contributed by atoms with Crippen molar-refractivity contribution in [3.8, 4) is 5.75 Å². The Morgan fingerprint density at radius 1 is 1.50 bits per heavy atom. The van der Waals surface area contributed by atoms with Crippen LogP contribution in [0.1, 0.15) is 30.3 Å². The Kier molecular flexibility index (Phi) is 4.14. The van der Waals surface area contributed by atoms with E-state index in [1.54, 1.807) is 13.3 Å². The van der Waals surface area contributed by atoms with E-state index in [0.717, 1.165) is 43.1 Å². The third kappa shape index (κ3) is 2.77. The highest BCUT2D eigenvalue weighted by atomic mass is 35.5. The largest absolute Gasteiger partial charge is 0.495 e. The molecule has 0 amide bonds. The number of halogens is 1. The summed E-state index contributed by atoms with van der Waals surface area (Å²) in [5.41, 5.74) is 1.93. The zero-order valence-corrected chi connectivity index (χ0v) is 12.7. The molecule has 1 saturated heterocycles. The first-order valence-corrected chi connectivity index (χ1v) is 7.64. The molecule has 0 aromatic carbocycles. The van der Waals surface area contributed by atoms with Crippen LogP contribution < -0.4 is 4.74 Å². The van der Waals surface area contributed by atoms with Gasteiger partial charge in [-0.15, -0.1) is 5.10 Å². The molecule has 106 valence electrons. The standard InChI is InChI=1S/C13H15ClN4OS/c1-19-9-4-5-10(15-7-9)12-3-2-6-18(12)8-11-13(14)20-17-16-11/h4-5,7,12H,2-3,6,8H2,1H3. The van der Waals surface area contributed by atoms with Crippen molar-refractivity contribution in [1.29, 1.82) is 0 Å². The summed E-state index contributed by atoms with van der Waals surface area (Å²) in [5, 5.41) is 4.09. The van der Waals surface area contributed by atoms with Gasteiger partial charge in [-0.25, -0.2) is 0 Å². The Morgan fingerprint density at radius 3 is 3.05 bits per heavy atom. The van der Waals surface area contributed by atoms with Crippen LogP contribution in [0.2, 0.25) is 4.34 Å². The van der Waals surface area contributed by atoms with Gasteiger partial charge < -0.3 is 4.74 Å². The molecule has 5 nitrogen and oxygen atoms in total. The third-order valence-corrected chi connectivity index (χ3v) is 4.55. The topological polar surface area (TPSA) is 51.1 Å². The molecule has 1 fully saturated rings. The van der Waals surface area contributed by atoms with Crippen molar-refractivity contribution >= 4 is 23.1 Å². The smallest absolute Gasteiger partial charge is 0.138 e. The van der Waals surface area contributed by atoms with E-state index in [1.807, 2.05) is 12.1 Å². The molecule has 7 heteroatoms. The molecular weight excluding hydrogens is 296 g/mol. The minimum Gasteiger partial charge on any atom is -0.495 e. The second kappa shape index (κ2) is 6.03. The van der Waals surface area contributed by atoms with Crippen molar-refractivity contribution in [2.45, 2.75) is 25.4 Å². The van der Waals surface area contributed by atoms with Crippen LogP contribution in [0, 0.1) is 0 Å². The molecule has 3 heterocycles. The first kappa shape index (κ1) is 13.7. The zero-order chi connectivity index (χ0) is 13.9. The van der Waals surface area contributed by atoms with E-state index in [1.165, 1.54) is 11.5 Å². The summed E-state index contributed by atoms with van der Waals surface area (Å²) in [6.07, 6.45) is 4.03. The third-order valence-electron chi connectivity index (χ3n) is 3.56. The highest BCUT2D eigenvalue weighted by molar-refractivity contribution is 7.10. The zero-order valence-electron chi connectivity index (χ0n) is 11.1. The second-order valence-electron chi connectivity index (χ2n) is 4.74. The summed E-state index contributed by atoms with van der Waals surface area (Å²) >= 11 is 7.32. The van der Waals surface area contributed by atoms with Crippen LogP contribution in [0.3, 0.4) is 0 Å². The molecule has 2 aromatic rings. The minimum atomic E-state index is 0.318. The monoisotopic (exact) mass is 310 g/mol. The maximum Gasteiger partial charge on any atom is 0.138 e. The fourth-order valence-corrected chi connectivity index (χ4v) is 3.16. The quantitative estimate of drug-likeness (QED) is 0.869. The fourth-order valence-electron chi connectivity index (χ4n) is 2.54. The minimum absolute atomic E-state index is 0.318. The number of methoxy groups -OCH3 is 1. The van der Waals surface area contributed by atoms with Crippen molar-refractivity contribution in [3.05, 3.63) is 34.1 Å². The van der Waals surface area contributed by atoms with Gasteiger partial charge in [-0.2, -0.15) is 0 Å². The summed E-state index contributed by atoms with van der Waals surface area (Å²) in [5.74, 6) is 0.782. The molecule has 0 saturated carbocycles. The maximum absolute atomic E-state index is 6.09. The molecule has 0 radical (unpaired) electrons. The number of hydrogen-bond acceptors (Lipinski definition) is 6. The van der Waals surface area contributed by atoms with E-state index < -0.39 is 0 Å². The summed E-state index contributed by atoms with van der Waals surface area (Å²) in [4.78, 5) is 6.86. The molecule has 0 aliphatic carbocycles. The van der Waals surface area contributed by atoms with Crippen molar-refractivity contribution < 1.29 is 4.74 Å². The molecule has 0 spiro atoms. The van der Waals surface area contributed by atoms with Crippen LogP contribution in [0.4, 0.5) is 0 Å². The molecule has 0 bridgehead atoms. The first-order chi connectivity index (χ1) is 9.78. The molecule has 2 aromatic heterocycles. The molecule has 0 N–H and O–H groups in total. The van der Waals surface area contributed by atoms with Gasteiger partial charge in [0, 0.05) is 18.1 Å². The number of likely N-dealkylation sites (tertiary alicyclic amines) is 1. The summed E-state index contributed by atoms with van der Waals surface area (Å²) in [6, 6.07) is 4.30. The van der Waals surface area contributed by atoms with Crippen molar-refractivity contribution in [3.63, 3.8) is 0 Å². The second-order valence-corrected chi connectivity index (χ2v) is 6.10. The van der Waals surface area contributed by atoms with Crippen LogP contribution in [0.15, 0.2) is 18.3 Å². The van der Waals surface area contributed by atoms with Crippen molar-refractivity contribution in [1.82, 2.24) is 19.5 Å². The highest BCUT2D eigenvalue weighted by Gasteiger charge is 2.28. The number of aromatic nitrogens is 3. The Balaban J connectivity index is 1.76. The van der Waals surface area contributed by atoms with Crippen LogP contribution >= 0.6 is 23.1 Å². The Morgan fingerprint density at radius 2 is 2.40 bits per heavy atom. The Hall–Kier alpha value is -1.24. The number of ether oxygens (including phenoxy) is 1. The first-order valence-electron chi connectivity index (χ1n) is 6.48. The Labute approximate surface area is 126 Å². The van der Waals surface area contributed by atoms with Crippen LogP contribution in [-0.4, -0.2) is 33.1 Å². The van der Waals surface area contributed by atoms with E-state index >= 15 is 0 Å². The lowest BCUT2D eigenvalue weighted by Crippen LogP contribution is -2.23. The lowest BCUT2D eigenvalue weighted by atomic mass is 10.1. The fraction of sp³-hybridized carbons (Fsp3) is 0.462. The van der Waals surface area contributed by atoms with Gasteiger partial charge in [-0.05, 0) is 31.5 Å². The number of nitrogens with zero attached hydrogens (tertiary/aromatic N) is 4. The van der Waals surface area contributed by atoms with Crippen LogP contribution in [-0.2, 0) is 6.54 Å². The van der Waals surface area contributed by atoms with E-state index in [4.69, 9.17) is 16.3 Å². The van der Waals surface area contributed by atoms with Gasteiger partial charge in [-0.1, -0.05) is 16.1 Å². The van der Waals surface area contributed by atoms with Gasteiger partial charge in [-0.3, -0.25) is 9.88 Å². The molecule has 1 aliphatic heterocycles. The average molecular weight is 311 g/mol. The molecule has 1 atom stereocenters. The molecule has 1 aliphatic rings. The predicted molar refractivity (Wildman–Crippen MR) is 78.1 cm³/mol. The van der Waals surface area contributed by atoms with Crippen molar-refractivity contribution in [2.75, 3.05) is 13.7 Å². The maximum atomic E-state index is 6.09. The van der Waals surface area contributed by atoms with Gasteiger partial charge in [0.2, 0.25) is 0 Å². The lowest BCUT2D eigenvalue weighted by Gasteiger charge is -2.23. The highest BCUT2D eigenvalue weighted by Crippen LogP contribution is 2.33. The van der Waals surface area contributed by atoms with Gasteiger partial charge in [0.05, 0.1) is 25.0 Å². The predicted octanol–water partition coefficient (Wildman–Crippen LogP) is 2.93. The van der Waals surface area contributed by atoms with E-state index in [-0.39, 0.29) is 0 Å². The number of pyridine rings is 1.